The van der Waals surface area contributed by atoms with Gasteiger partial charge >= 0.3 is 5.97 Å². The van der Waals surface area contributed by atoms with Crippen molar-refractivity contribution in [1.29, 1.82) is 0 Å². The number of imidazole rings is 1. The molecule has 0 bridgehead atoms. The van der Waals surface area contributed by atoms with Crippen molar-refractivity contribution in [3.63, 3.8) is 0 Å². The van der Waals surface area contributed by atoms with Gasteiger partial charge in [-0.2, -0.15) is 0 Å². The molecular formula is C13H16N2O3S. The molecule has 2 aromatic rings. The molecule has 0 aliphatic carbocycles. The van der Waals surface area contributed by atoms with Crippen molar-refractivity contribution in [2.75, 3.05) is 12.0 Å². The quantitative estimate of drug-likeness (QED) is 0.906. The van der Waals surface area contributed by atoms with Crippen molar-refractivity contribution in [3.05, 3.63) is 29.6 Å². The van der Waals surface area contributed by atoms with Crippen LogP contribution in [0.25, 0.3) is 11.0 Å². The number of benzene rings is 1. The van der Waals surface area contributed by atoms with Crippen molar-refractivity contribution < 1.29 is 14.1 Å². The van der Waals surface area contributed by atoms with Crippen LogP contribution in [0, 0.1) is 6.92 Å². The molecule has 0 fully saturated rings. The van der Waals surface area contributed by atoms with Gasteiger partial charge in [0, 0.05) is 29.4 Å². The van der Waals surface area contributed by atoms with E-state index in [9.17, 15) is 9.00 Å². The minimum Gasteiger partial charge on any atom is -0.478 e. The third kappa shape index (κ3) is 3.01. The molecule has 1 aromatic carbocycles. The molecule has 6 heteroatoms. The second-order valence-corrected chi connectivity index (χ2v) is 6.00. The first-order chi connectivity index (χ1) is 8.99. The van der Waals surface area contributed by atoms with Crippen LogP contribution in [0.5, 0.6) is 0 Å². The minimum atomic E-state index is -0.949. The average Bonchev–Trinajstić information content (AvgIpc) is 2.64. The van der Waals surface area contributed by atoms with Gasteiger partial charge in [-0.05, 0) is 31.5 Å². The zero-order valence-electron chi connectivity index (χ0n) is 10.9. The maximum absolute atomic E-state index is 11.1. The van der Waals surface area contributed by atoms with Gasteiger partial charge in [0.2, 0.25) is 0 Å². The summed E-state index contributed by atoms with van der Waals surface area (Å²) in [5.74, 6) is 0.557. The Morgan fingerprint density at radius 2 is 2.21 bits per heavy atom. The van der Waals surface area contributed by atoms with Crippen LogP contribution in [0.2, 0.25) is 0 Å². The van der Waals surface area contributed by atoms with Crippen molar-refractivity contribution in [1.82, 2.24) is 9.55 Å². The number of carbonyl (C=O) groups is 1. The van der Waals surface area contributed by atoms with E-state index < -0.39 is 16.8 Å². The number of rotatable bonds is 5. The molecule has 1 aromatic heterocycles. The molecule has 1 atom stereocenters. The van der Waals surface area contributed by atoms with E-state index in [2.05, 4.69) is 4.98 Å². The van der Waals surface area contributed by atoms with E-state index in [0.29, 0.717) is 11.3 Å². The second-order valence-electron chi connectivity index (χ2n) is 4.45. The Morgan fingerprint density at radius 3 is 2.84 bits per heavy atom. The topological polar surface area (TPSA) is 72.2 Å². The standard InChI is InChI=1S/C13H16N2O3S/c1-9-14-11-8-10(13(16)17)4-5-12(11)15(9)6-3-7-19(2)18/h4-5,8H,3,6-7H2,1-2H3,(H,16,17). The maximum atomic E-state index is 11.1. The number of carboxylic acids is 1. The van der Waals surface area contributed by atoms with Gasteiger partial charge in [0.05, 0.1) is 16.6 Å². The molecule has 0 spiro atoms. The van der Waals surface area contributed by atoms with Crippen LogP contribution in [0.15, 0.2) is 18.2 Å². The molecule has 0 amide bonds. The SMILES string of the molecule is Cc1nc2cc(C(=O)O)ccc2n1CCCS(C)=O. The van der Waals surface area contributed by atoms with Gasteiger partial charge in [0.25, 0.3) is 0 Å². The smallest absolute Gasteiger partial charge is 0.335 e. The molecule has 2 rings (SSSR count). The lowest BCUT2D eigenvalue weighted by Crippen LogP contribution is -2.04. The Labute approximate surface area is 113 Å². The summed E-state index contributed by atoms with van der Waals surface area (Å²) in [4.78, 5) is 15.3. The third-order valence-corrected chi connectivity index (χ3v) is 3.86. The van der Waals surface area contributed by atoms with Crippen molar-refractivity contribution in [2.45, 2.75) is 19.9 Å². The van der Waals surface area contributed by atoms with E-state index in [0.717, 1.165) is 24.3 Å². The molecule has 0 saturated carbocycles. The summed E-state index contributed by atoms with van der Waals surface area (Å²) in [5, 5.41) is 8.95. The summed E-state index contributed by atoms with van der Waals surface area (Å²) in [6.45, 7) is 2.64. The number of hydrogen-bond acceptors (Lipinski definition) is 3. The molecule has 1 heterocycles. The lowest BCUT2D eigenvalue weighted by atomic mass is 10.2. The predicted octanol–water partition coefficient (Wildman–Crippen LogP) is 1.81. The van der Waals surface area contributed by atoms with Gasteiger partial charge < -0.3 is 9.67 Å². The van der Waals surface area contributed by atoms with Crippen molar-refractivity contribution in [3.8, 4) is 0 Å². The lowest BCUT2D eigenvalue weighted by Gasteiger charge is -2.06. The average molecular weight is 280 g/mol. The van der Waals surface area contributed by atoms with E-state index in [4.69, 9.17) is 5.11 Å². The first-order valence-electron chi connectivity index (χ1n) is 5.99. The van der Waals surface area contributed by atoms with Crippen LogP contribution >= 0.6 is 0 Å². The maximum Gasteiger partial charge on any atom is 0.335 e. The second kappa shape index (κ2) is 5.52. The van der Waals surface area contributed by atoms with Gasteiger partial charge in [-0.3, -0.25) is 4.21 Å². The summed E-state index contributed by atoms with van der Waals surface area (Å²) in [5.41, 5.74) is 1.85. The van der Waals surface area contributed by atoms with Crippen LogP contribution in [-0.4, -0.2) is 36.8 Å². The molecule has 1 N–H and O–H groups in total. The van der Waals surface area contributed by atoms with E-state index in [-0.39, 0.29) is 5.56 Å². The summed E-state index contributed by atoms with van der Waals surface area (Å²) < 4.78 is 13.1. The van der Waals surface area contributed by atoms with Gasteiger partial charge in [-0.15, -0.1) is 0 Å². The van der Waals surface area contributed by atoms with Crippen LogP contribution in [0.3, 0.4) is 0 Å². The molecule has 1 unspecified atom stereocenters. The zero-order chi connectivity index (χ0) is 14.0. The summed E-state index contributed by atoms with van der Waals surface area (Å²) >= 11 is 0. The molecule has 0 aliphatic heterocycles. The monoisotopic (exact) mass is 280 g/mol. The highest BCUT2D eigenvalue weighted by Crippen LogP contribution is 2.18. The van der Waals surface area contributed by atoms with E-state index in [1.165, 1.54) is 0 Å². The molecule has 5 nitrogen and oxygen atoms in total. The number of nitrogens with zero attached hydrogens (tertiary/aromatic N) is 2. The first kappa shape index (κ1) is 13.7. The Bertz CT molecular complexity index is 649. The third-order valence-electron chi connectivity index (χ3n) is 3.00. The highest BCUT2D eigenvalue weighted by atomic mass is 32.2. The van der Waals surface area contributed by atoms with Crippen LogP contribution in [-0.2, 0) is 17.3 Å². The van der Waals surface area contributed by atoms with Gasteiger partial charge in [-0.25, -0.2) is 9.78 Å². The minimum absolute atomic E-state index is 0.242. The number of aryl methyl sites for hydroxylation is 2. The number of hydrogen-bond donors (Lipinski definition) is 1. The summed E-state index contributed by atoms with van der Waals surface area (Å²) in [6.07, 6.45) is 2.51. The fourth-order valence-electron chi connectivity index (χ4n) is 2.09. The van der Waals surface area contributed by atoms with Gasteiger partial charge in [0.15, 0.2) is 0 Å². The number of fused-ring (bicyclic) bond motifs is 1. The lowest BCUT2D eigenvalue weighted by molar-refractivity contribution is 0.0697. The number of carboxylic acid groups (broad SMARTS) is 1. The first-order valence-corrected chi connectivity index (χ1v) is 7.72. The highest BCUT2D eigenvalue weighted by Gasteiger charge is 2.10. The zero-order valence-corrected chi connectivity index (χ0v) is 11.7. The molecule has 0 aliphatic rings. The highest BCUT2D eigenvalue weighted by molar-refractivity contribution is 7.84. The molecule has 0 saturated heterocycles. The molecule has 19 heavy (non-hydrogen) atoms. The molecule has 0 radical (unpaired) electrons. The van der Waals surface area contributed by atoms with Gasteiger partial charge in [0.1, 0.15) is 5.82 Å². The molecule has 102 valence electrons. The van der Waals surface area contributed by atoms with Crippen molar-refractivity contribution in [2.24, 2.45) is 0 Å². The molecular weight excluding hydrogens is 264 g/mol. The summed E-state index contributed by atoms with van der Waals surface area (Å²) in [6, 6.07) is 4.95. The predicted molar refractivity (Wildman–Crippen MR) is 75.0 cm³/mol. The van der Waals surface area contributed by atoms with Crippen LogP contribution in [0.1, 0.15) is 22.6 Å². The van der Waals surface area contributed by atoms with Crippen molar-refractivity contribution >= 4 is 27.8 Å². The normalized spacial score (nSPS) is 12.7. The van der Waals surface area contributed by atoms with Crippen LogP contribution in [0.4, 0.5) is 0 Å². The Balaban J connectivity index is 2.31. The van der Waals surface area contributed by atoms with E-state index >= 15 is 0 Å². The Hall–Kier alpha value is -1.69. The van der Waals surface area contributed by atoms with Crippen LogP contribution < -0.4 is 0 Å². The Kier molecular flexibility index (Phi) is 3.99. The summed E-state index contributed by atoms with van der Waals surface area (Å²) in [7, 11) is -0.789. The van der Waals surface area contributed by atoms with E-state index in [1.807, 2.05) is 11.5 Å². The fourth-order valence-corrected chi connectivity index (χ4v) is 2.63. The number of aromatic carboxylic acids is 1. The largest absolute Gasteiger partial charge is 0.478 e. The van der Waals surface area contributed by atoms with Gasteiger partial charge in [-0.1, -0.05) is 0 Å². The number of aromatic nitrogens is 2. The Morgan fingerprint density at radius 1 is 1.47 bits per heavy atom. The fraction of sp³-hybridized carbons (Fsp3) is 0.385. The van der Waals surface area contributed by atoms with E-state index in [1.54, 1.807) is 24.5 Å².